The van der Waals surface area contributed by atoms with Gasteiger partial charge in [0.15, 0.2) is 11.5 Å². The van der Waals surface area contributed by atoms with Crippen molar-refractivity contribution in [1.82, 2.24) is 9.80 Å². The molecule has 2 amide bonds. The minimum Gasteiger partial charge on any atom is -0.504 e. The van der Waals surface area contributed by atoms with Crippen LogP contribution < -0.4 is 0 Å². The maximum atomic E-state index is 12.2. The zero-order chi connectivity index (χ0) is 33.7. The Morgan fingerprint density at radius 2 is 1.11 bits per heavy atom. The molecule has 0 aliphatic heterocycles. The zero-order valence-electron chi connectivity index (χ0n) is 25.2. The van der Waals surface area contributed by atoms with E-state index in [2.05, 4.69) is 0 Å². The number of nitro groups is 2. The standard InChI is InChI=1S/C15H17N3O4.C14H15N3O5.V/c1-4-17(5-2)15(20)12(9-16)7-11-6-10(3)14(19)13(8-11)18(21)22;1-3-16(4-2)14(20)10(8-15)5-9-6-11(17(21)22)13(19)12(18)7-9;/h6-8,19H,4-5H2,1-3H3;5-7,18-19H,3-4H2,1-2H3;/b12-7+;10-5+;. The number of phenols is 3. The Morgan fingerprint density at radius 1 is 0.756 bits per heavy atom. The fourth-order valence-corrected chi connectivity index (χ4v) is 3.84. The van der Waals surface area contributed by atoms with Gasteiger partial charge in [0, 0.05) is 56.9 Å². The maximum absolute atomic E-state index is 12.2. The average molecular weight is 660 g/mol. The third-order valence-corrected chi connectivity index (χ3v) is 6.21. The van der Waals surface area contributed by atoms with Gasteiger partial charge in [0.25, 0.3) is 11.8 Å². The van der Waals surface area contributed by atoms with Crippen molar-refractivity contribution in [3.63, 3.8) is 0 Å². The first-order valence-electron chi connectivity index (χ1n) is 13.2. The molecular weight excluding hydrogens is 627 g/mol. The molecule has 0 unspecified atom stereocenters. The Hall–Kier alpha value is -5.38. The van der Waals surface area contributed by atoms with E-state index in [9.17, 15) is 45.1 Å². The molecule has 0 fully saturated rings. The molecule has 0 spiro atoms. The van der Waals surface area contributed by atoms with Crippen molar-refractivity contribution in [2.24, 2.45) is 0 Å². The van der Waals surface area contributed by atoms with E-state index in [1.54, 1.807) is 33.8 Å². The first-order chi connectivity index (χ1) is 20.7. The van der Waals surface area contributed by atoms with Crippen LogP contribution in [0.1, 0.15) is 44.4 Å². The first kappa shape index (κ1) is 39.6. The van der Waals surface area contributed by atoms with Crippen LogP contribution in [-0.2, 0) is 28.1 Å². The van der Waals surface area contributed by atoms with Gasteiger partial charge in [-0.25, -0.2) is 0 Å². The molecule has 0 aromatic heterocycles. The van der Waals surface area contributed by atoms with Crippen molar-refractivity contribution in [3.8, 4) is 29.4 Å². The number of phenolic OH excluding ortho intramolecular Hbond substituents is 3. The van der Waals surface area contributed by atoms with Gasteiger partial charge in [0.05, 0.1) is 9.85 Å². The van der Waals surface area contributed by atoms with Gasteiger partial charge in [-0.05, 0) is 75.6 Å². The van der Waals surface area contributed by atoms with Crippen molar-refractivity contribution in [2.45, 2.75) is 34.6 Å². The molecule has 2 rings (SSSR count). The van der Waals surface area contributed by atoms with Crippen molar-refractivity contribution in [1.29, 1.82) is 10.5 Å². The molecular formula is C29H32N6O9V. The second-order valence-electron chi connectivity index (χ2n) is 8.92. The number of aromatic hydroxyl groups is 3. The number of hydrogen-bond donors (Lipinski definition) is 3. The molecule has 0 aliphatic rings. The number of nitriles is 2. The molecule has 15 nitrogen and oxygen atoms in total. The maximum Gasteiger partial charge on any atom is 0.315 e. The molecule has 16 heteroatoms. The number of amides is 2. The van der Waals surface area contributed by atoms with Gasteiger partial charge < -0.3 is 25.1 Å². The van der Waals surface area contributed by atoms with E-state index in [0.29, 0.717) is 37.3 Å². The predicted molar refractivity (Wildman–Crippen MR) is 159 cm³/mol. The van der Waals surface area contributed by atoms with Crippen molar-refractivity contribution in [3.05, 3.63) is 72.3 Å². The van der Waals surface area contributed by atoms with Crippen LogP contribution in [0, 0.1) is 49.8 Å². The van der Waals surface area contributed by atoms with E-state index >= 15 is 0 Å². The number of carbonyl (C=O) groups is 2. The molecule has 3 N–H and O–H groups in total. The number of likely N-dealkylation sites (N-methyl/N-ethyl adjacent to an activating group) is 2. The van der Waals surface area contributed by atoms with Gasteiger partial charge in [-0.3, -0.25) is 29.8 Å². The Balaban J connectivity index is 0.000000842. The van der Waals surface area contributed by atoms with Crippen LogP contribution in [0.15, 0.2) is 35.4 Å². The molecule has 237 valence electrons. The third kappa shape index (κ3) is 10.4. The van der Waals surface area contributed by atoms with E-state index in [1.165, 1.54) is 28.9 Å². The molecule has 0 heterocycles. The number of nitrogens with zero attached hydrogens (tertiary/aromatic N) is 6. The summed E-state index contributed by atoms with van der Waals surface area (Å²) in [5.41, 5.74) is -0.810. The number of hydrogen-bond acceptors (Lipinski definition) is 11. The molecule has 0 bridgehead atoms. The minimum atomic E-state index is -0.870. The van der Waals surface area contributed by atoms with Gasteiger partial charge in [0.1, 0.15) is 23.3 Å². The second kappa shape index (κ2) is 18.3. The number of nitro benzene ring substituents is 2. The SMILES string of the molecule is CCN(CC)C(=O)/C(C#N)=C/c1cc(C)c(O)c([N+](=O)[O-])c1.CCN(CC)C(=O)/C(C#N)=C/c1cc(O)c(O)c([N+](=O)[O-])c1.[V]. The summed E-state index contributed by atoms with van der Waals surface area (Å²) in [5, 5.41) is 68.5. The molecule has 2 aromatic rings. The molecule has 0 saturated carbocycles. The smallest absolute Gasteiger partial charge is 0.315 e. The predicted octanol–water partition coefficient (Wildman–Crippen LogP) is 4.16. The van der Waals surface area contributed by atoms with Gasteiger partial charge in [-0.1, -0.05) is 0 Å². The van der Waals surface area contributed by atoms with E-state index < -0.39 is 50.3 Å². The molecule has 2 aromatic carbocycles. The third-order valence-electron chi connectivity index (χ3n) is 6.21. The van der Waals surface area contributed by atoms with Gasteiger partial charge >= 0.3 is 11.4 Å². The second-order valence-corrected chi connectivity index (χ2v) is 8.92. The van der Waals surface area contributed by atoms with Crippen molar-refractivity contribution >= 4 is 35.3 Å². The van der Waals surface area contributed by atoms with Crippen LogP contribution in [0.2, 0.25) is 0 Å². The van der Waals surface area contributed by atoms with Crippen molar-refractivity contribution < 1.29 is 53.3 Å². The van der Waals surface area contributed by atoms with Crippen molar-refractivity contribution in [2.75, 3.05) is 26.2 Å². The van der Waals surface area contributed by atoms with E-state index in [4.69, 9.17) is 10.5 Å². The van der Waals surface area contributed by atoms with Crippen LogP contribution in [0.25, 0.3) is 12.2 Å². The summed E-state index contributed by atoms with van der Waals surface area (Å²) in [6.07, 6.45) is 2.42. The fraction of sp³-hybridized carbons (Fsp3) is 0.310. The van der Waals surface area contributed by atoms with E-state index in [1.807, 2.05) is 6.07 Å². The van der Waals surface area contributed by atoms with Gasteiger partial charge in [-0.15, -0.1) is 0 Å². The number of rotatable bonds is 10. The van der Waals surface area contributed by atoms with E-state index in [0.717, 1.165) is 24.3 Å². The van der Waals surface area contributed by atoms with Crippen LogP contribution >= 0.6 is 0 Å². The normalized spacial score (nSPS) is 10.6. The summed E-state index contributed by atoms with van der Waals surface area (Å²) in [7, 11) is 0. The van der Waals surface area contributed by atoms with Crippen LogP contribution in [0.4, 0.5) is 11.4 Å². The number of aryl methyl sites for hydroxylation is 1. The number of benzene rings is 2. The summed E-state index contributed by atoms with van der Waals surface area (Å²) >= 11 is 0. The van der Waals surface area contributed by atoms with Crippen LogP contribution in [-0.4, -0.2) is 73.0 Å². The van der Waals surface area contributed by atoms with Gasteiger partial charge in [0.2, 0.25) is 5.75 Å². The Kier molecular flexibility index (Phi) is 16.1. The summed E-state index contributed by atoms with van der Waals surface area (Å²) in [6, 6.07) is 8.18. The molecule has 45 heavy (non-hydrogen) atoms. The number of carbonyl (C=O) groups excluding carboxylic acids is 2. The summed E-state index contributed by atoms with van der Waals surface area (Å²) in [5.74, 6) is -2.93. The quantitative estimate of drug-likeness (QED) is 0.108. The summed E-state index contributed by atoms with van der Waals surface area (Å²) in [6.45, 7) is 10.4. The Morgan fingerprint density at radius 3 is 1.44 bits per heavy atom. The summed E-state index contributed by atoms with van der Waals surface area (Å²) in [4.78, 5) is 47.3. The molecule has 0 aliphatic carbocycles. The first-order valence-corrected chi connectivity index (χ1v) is 13.2. The Bertz CT molecular complexity index is 1470. The van der Waals surface area contributed by atoms with Crippen LogP contribution in [0.5, 0.6) is 17.2 Å². The Labute approximate surface area is 271 Å². The summed E-state index contributed by atoms with van der Waals surface area (Å²) < 4.78 is 0. The molecule has 0 saturated heterocycles. The average Bonchev–Trinajstić information content (AvgIpc) is 2.98. The van der Waals surface area contributed by atoms with Crippen LogP contribution in [0.3, 0.4) is 0 Å². The monoisotopic (exact) mass is 659 g/mol. The zero-order valence-corrected chi connectivity index (χ0v) is 26.6. The minimum absolute atomic E-state index is 0. The molecule has 1 radical (unpaired) electrons. The molecule has 0 atom stereocenters. The topological polar surface area (TPSA) is 235 Å². The largest absolute Gasteiger partial charge is 0.504 e. The van der Waals surface area contributed by atoms with E-state index in [-0.39, 0.29) is 35.3 Å². The fourth-order valence-electron chi connectivity index (χ4n) is 3.84. The van der Waals surface area contributed by atoms with Gasteiger partial charge in [-0.2, -0.15) is 10.5 Å².